The van der Waals surface area contributed by atoms with Crippen LogP contribution in [0.2, 0.25) is 0 Å². The minimum Gasteiger partial charge on any atom is -0.467 e. The molecule has 21 heavy (non-hydrogen) atoms. The zero-order valence-electron chi connectivity index (χ0n) is 12.4. The molecule has 0 spiro atoms. The van der Waals surface area contributed by atoms with Crippen LogP contribution in [0.25, 0.3) is 0 Å². The summed E-state index contributed by atoms with van der Waals surface area (Å²) in [5.74, 6) is 0.429. The lowest BCUT2D eigenvalue weighted by Gasteiger charge is -2.14. The number of benzene rings is 1. The number of rotatable bonds is 4. The quantitative estimate of drug-likeness (QED) is 0.809. The molecule has 2 aromatic rings. The highest BCUT2D eigenvalue weighted by molar-refractivity contribution is 5.91. The maximum atomic E-state index is 11.9. The smallest absolute Gasteiger partial charge is 0.319 e. The number of carbonyl (C=O) groups excluding carboxylic acids is 1. The summed E-state index contributed by atoms with van der Waals surface area (Å²) in [6, 6.07) is 7.03. The first-order valence-electron chi connectivity index (χ1n) is 6.81. The largest absolute Gasteiger partial charge is 0.467 e. The lowest BCUT2D eigenvalue weighted by Crippen LogP contribution is -2.32. The Hall–Kier alpha value is -2.27. The number of aryl methyl sites for hydroxylation is 3. The van der Waals surface area contributed by atoms with Crippen molar-refractivity contribution in [2.75, 3.05) is 11.9 Å². The summed E-state index contributed by atoms with van der Waals surface area (Å²) in [6.45, 7) is 6.01. The van der Waals surface area contributed by atoms with Crippen molar-refractivity contribution in [3.05, 3.63) is 53.0 Å². The van der Waals surface area contributed by atoms with Crippen molar-refractivity contribution in [1.82, 2.24) is 5.32 Å². The van der Waals surface area contributed by atoms with Crippen molar-refractivity contribution in [1.29, 1.82) is 0 Å². The first-order valence-corrected chi connectivity index (χ1v) is 6.81. The van der Waals surface area contributed by atoms with E-state index in [1.54, 1.807) is 12.1 Å². The van der Waals surface area contributed by atoms with Gasteiger partial charge < -0.3 is 20.2 Å². The summed E-state index contributed by atoms with van der Waals surface area (Å²) in [6.07, 6.45) is 0.628. The van der Waals surface area contributed by atoms with Crippen LogP contribution < -0.4 is 10.6 Å². The van der Waals surface area contributed by atoms with Crippen LogP contribution in [-0.2, 0) is 0 Å². The molecule has 112 valence electrons. The van der Waals surface area contributed by atoms with Gasteiger partial charge in [-0.15, -0.1) is 0 Å². The van der Waals surface area contributed by atoms with Crippen molar-refractivity contribution in [3.63, 3.8) is 0 Å². The van der Waals surface area contributed by atoms with Crippen LogP contribution in [0.15, 0.2) is 34.9 Å². The van der Waals surface area contributed by atoms with Crippen LogP contribution in [0.5, 0.6) is 0 Å². The van der Waals surface area contributed by atoms with E-state index in [0.29, 0.717) is 5.76 Å². The molecule has 0 aliphatic rings. The van der Waals surface area contributed by atoms with Crippen LogP contribution in [0, 0.1) is 20.8 Å². The molecule has 1 atom stereocenters. The van der Waals surface area contributed by atoms with Crippen molar-refractivity contribution in [2.45, 2.75) is 26.9 Å². The van der Waals surface area contributed by atoms with Gasteiger partial charge in [-0.05, 0) is 44.0 Å². The van der Waals surface area contributed by atoms with Crippen molar-refractivity contribution in [3.8, 4) is 0 Å². The Bertz CT molecular complexity index is 597. The summed E-state index contributed by atoms with van der Waals surface area (Å²) >= 11 is 0. The van der Waals surface area contributed by atoms with Gasteiger partial charge in [0.2, 0.25) is 0 Å². The summed E-state index contributed by atoms with van der Waals surface area (Å²) in [5, 5.41) is 15.3. The highest BCUT2D eigenvalue weighted by Crippen LogP contribution is 2.21. The van der Waals surface area contributed by atoms with E-state index in [1.165, 1.54) is 6.26 Å². The van der Waals surface area contributed by atoms with E-state index in [2.05, 4.69) is 10.6 Å². The van der Waals surface area contributed by atoms with Crippen LogP contribution in [0.1, 0.15) is 28.6 Å². The number of hydrogen-bond donors (Lipinski definition) is 3. The monoisotopic (exact) mass is 288 g/mol. The predicted octanol–water partition coefficient (Wildman–Crippen LogP) is 3.06. The van der Waals surface area contributed by atoms with Crippen molar-refractivity contribution >= 4 is 11.7 Å². The third-order valence-corrected chi connectivity index (χ3v) is 3.24. The maximum absolute atomic E-state index is 11.9. The van der Waals surface area contributed by atoms with Gasteiger partial charge in [0, 0.05) is 5.69 Å². The third kappa shape index (κ3) is 3.86. The molecule has 1 aromatic carbocycles. The molecule has 0 radical (unpaired) electrons. The molecule has 0 fully saturated rings. The summed E-state index contributed by atoms with van der Waals surface area (Å²) in [7, 11) is 0. The number of anilines is 1. The molecule has 2 amide bonds. The molecular formula is C16H20N2O3. The van der Waals surface area contributed by atoms with Gasteiger partial charge in [-0.2, -0.15) is 0 Å². The second-order valence-corrected chi connectivity index (χ2v) is 5.14. The van der Waals surface area contributed by atoms with Gasteiger partial charge in [0.1, 0.15) is 11.9 Å². The van der Waals surface area contributed by atoms with Crippen LogP contribution in [-0.4, -0.2) is 17.7 Å². The number of amides is 2. The molecule has 1 unspecified atom stereocenters. The molecular weight excluding hydrogens is 268 g/mol. The number of nitrogens with one attached hydrogen (secondary N) is 2. The number of urea groups is 1. The normalized spacial score (nSPS) is 12.0. The number of hydrogen-bond acceptors (Lipinski definition) is 3. The number of carbonyl (C=O) groups is 1. The minimum atomic E-state index is -0.856. The van der Waals surface area contributed by atoms with Crippen molar-refractivity contribution < 1.29 is 14.3 Å². The molecule has 0 aliphatic carbocycles. The number of aliphatic hydroxyl groups excluding tert-OH is 1. The molecule has 2 rings (SSSR count). The Morgan fingerprint density at radius 1 is 1.29 bits per heavy atom. The Kier molecular flexibility index (Phi) is 4.65. The zero-order chi connectivity index (χ0) is 15.4. The molecule has 3 N–H and O–H groups in total. The summed E-state index contributed by atoms with van der Waals surface area (Å²) in [4.78, 5) is 11.9. The number of aliphatic hydroxyl groups is 1. The topological polar surface area (TPSA) is 74.5 Å². The Morgan fingerprint density at radius 3 is 2.52 bits per heavy atom. The Morgan fingerprint density at radius 2 is 1.95 bits per heavy atom. The maximum Gasteiger partial charge on any atom is 0.319 e. The SMILES string of the molecule is Cc1cc(C)c(NC(=O)NCC(O)c2ccco2)c(C)c1. The van der Waals surface area contributed by atoms with E-state index in [1.807, 2.05) is 32.9 Å². The average molecular weight is 288 g/mol. The standard InChI is InChI=1S/C16H20N2O3/c1-10-7-11(2)15(12(3)8-10)18-16(20)17-9-13(19)14-5-4-6-21-14/h4-8,13,19H,9H2,1-3H3,(H2,17,18,20). The van der Waals surface area contributed by atoms with Crippen molar-refractivity contribution in [2.24, 2.45) is 0 Å². The van der Waals surface area contributed by atoms with E-state index in [-0.39, 0.29) is 12.6 Å². The van der Waals surface area contributed by atoms with Gasteiger partial charge in [-0.25, -0.2) is 4.79 Å². The van der Waals surface area contributed by atoms with E-state index in [4.69, 9.17) is 4.42 Å². The molecule has 0 bridgehead atoms. The van der Waals surface area contributed by atoms with Gasteiger partial charge in [-0.3, -0.25) is 0 Å². The zero-order valence-corrected chi connectivity index (χ0v) is 12.4. The second kappa shape index (κ2) is 6.45. The van der Waals surface area contributed by atoms with E-state index in [9.17, 15) is 9.90 Å². The highest BCUT2D eigenvalue weighted by Gasteiger charge is 2.13. The van der Waals surface area contributed by atoms with E-state index in [0.717, 1.165) is 22.4 Å². The van der Waals surface area contributed by atoms with Gasteiger partial charge in [0.15, 0.2) is 0 Å². The second-order valence-electron chi connectivity index (χ2n) is 5.14. The molecule has 1 aromatic heterocycles. The molecule has 5 nitrogen and oxygen atoms in total. The molecule has 0 saturated heterocycles. The summed E-state index contributed by atoms with van der Waals surface area (Å²) in [5.41, 5.74) is 3.97. The lowest BCUT2D eigenvalue weighted by atomic mass is 10.1. The fraction of sp³-hybridized carbons (Fsp3) is 0.312. The van der Waals surface area contributed by atoms with Gasteiger partial charge in [0.25, 0.3) is 0 Å². The fourth-order valence-corrected chi connectivity index (χ4v) is 2.31. The van der Waals surface area contributed by atoms with E-state index >= 15 is 0 Å². The first-order chi connectivity index (χ1) is 9.97. The van der Waals surface area contributed by atoms with Gasteiger partial charge in [-0.1, -0.05) is 17.7 Å². The van der Waals surface area contributed by atoms with Gasteiger partial charge in [0.05, 0.1) is 12.8 Å². The van der Waals surface area contributed by atoms with Crippen LogP contribution in [0.3, 0.4) is 0 Å². The fourth-order valence-electron chi connectivity index (χ4n) is 2.31. The van der Waals surface area contributed by atoms with E-state index < -0.39 is 6.10 Å². The first kappa shape index (κ1) is 15.1. The summed E-state index contributed by atoms with van der Waals surface area (Å²) < 4.78 is 5.08. The third-order valence-electron chi connectivity index (χ3n) is 3.24. The lowest BCUT2D eigenvalue weighted by molar-refractivity contribution is 0.149. The van der Waals surface area contributed by atoms with Crippen LogP contribution in [0.4, 0.5) is 10.5 Å². The molecule has 1 heterocycles. The van der Waals surface area contributed by atoms with Gasteiger partial charge >= 0.3 is 6.03 Å². The average Bonchev–Trinajstić information content (AvgIpc) is 2.94. The van der Waals surface area contributed by atoms with Crippen LogP contribution >= 0.6 is 0 Å². The Labute approximate surface area is 124 Å². The number of furan rings is 1. The minimum absolute atomic E-state index is 0.0866. The Balaban J connectivity index is 1.93. The molecule has 5 heteroatoms. The highest BCUT2D eigenvalue weighted by atomic mass is 16.4. The predicted molar refractivity (Wildman–Crippen MR) is 81.3 cm³/mol. The molecule has 0 saturated carbocycles. The molecule has 0 aliphatic heterocycles.